The topological polar surface area (TPSA) is 74.9 Å². The number of hydrogen-bond donors (Lipinski definition) is 1. The fourth-order valence-electron chi connectivity index (χ4n) is 3.15. The second-order valence-electron chi connectivity index (χ2n) is 7.02. The number of aryl methyl sites for hydroxylation is 1. The van der Waals surface area contributed by atoms with Crippen molar-refractivity contribution < 1.29 is 14.0 Å². The van der Waals surface area contributed by atoms with Gasteiger partial charge in [0.05, 0.1) is 24.2 Å². The van der Waals surface area contributed by atoms with Crippen LogP contribution in [0.3, 0.4) is 0 Å². The quantitative estimate of drug-likeness (QED) is 0.486. The van der Waals surface area contributed by atoms with Gasteiger partial charge in [0.1, 0.15) is 11.0 Å². The summed E-state index contributed by atoms with van der Waals surface area (Å²) in [6.07, 6.45) is 1.62. The first-order valence-corrected chi connectivity index (χ1v) is 11.4. The standard InChI is InChI=1S/C23H20BrN3O3S/c1-15-7-2-4-10-18(15)26-23-27(14-16-8-6-12-30-16)22(29)20(31-23)13-21(28)25-19-11-5-3-9-17(19)24/h2-12,20H,13-14H2,1H3,(H,25,28). The fraction of sp³-hybridized carbons (Fsp3) is 0.174. The Morgan fingerprint density at radius 1 is 1.16 bits per heavy atom. The molecule has 0 aliphatic carbocycles. The summed E-state index contributed by atoms with van der Waals surface area (Å²) in [5.74, 6) is 0.272. The number of nitrogens with one attached hydrogen (secondary N) is 1. The maximum Gasteiger partial charge on any atom is 0.243 e. The van der Waals surface area contributed by atoms with Crippen molar-refractivity contribution in [1.29, 1.82) is 0 Å². The van der Waals surface area contributed by atoms with Crippen molar-refractivity contribution in [2.75, 3.05) is 5.32 Å². The first kappa shape index (κ1) is 21.4. The number of furan rings is 1. The molecule has 1 saturated heterocycles. The van der Waals surface area contributed by atoms with E-state index < -0.39 is 5.25 Å². The van der Waals surface area contributed by atoms with Crippen LogP contribution in [-0.2, 0) is 16.1 Å². The third kappa shape index (κ3) is 5.08. The number of nitrogens with zero attached hydrogens (tertiary/aromatic N) is 2. The van der Waals surface area contributed by atoms with Crippen LogP contribution < -0.4 is 5.32 Å². The average molecular weight is 498 g/mol. The number of carbonyl (C=O) groups excluding carboxylic acids is 2. The summed E-state index contributed by atoms with van der Waals surface area (Å²) in [5.41, 5.74) is 2.47. The summed E-state index contributed by atoms with van der Waals surface area (Å²) < 4.78 is 6.22. The summed E-state index contributed by atoms with van der Waals surface area (Å²) in [4.78, 5) is 32.1. The minimum atomic E-state index is -0.555. The first-order valence-electron chi connectivity index (χ1n) is 9.70. The van der Waals surface area contributed by atoms with E-state index in [1.807, 2.05) is 55.5 Å². The maximum atomic E-state index is 13.2. The molecule has 0 spiro atoms. The highest BCUT2D eigenvalue weighted by molar-refractivity contribution is 9.10. The van der Waals surface area contributed by atoms with Gasteiger partial charge in [0.2, 0.25) is 11.8 Å². The number of amides is 2. The van der Waals surface area contributed by atoms with Crippen LogP contribution in [0.25, 0.3) is 0 Å². The van der Waals surface area contributed by atoms with E-state index in [-0.39, 0.29) is 24.8 Å². The minimum Gasteiger partial charge on any atom is -0.467 e. The van der Waals surface area contributed by atoms with Crippen LogP contribution in [0.4, 0.5) is 11.4 Å². The molecule has 1 aliphatic rings. The Bertz CT molecular complexity index is 1130. The fourth-order valence-corrected chi connectivity index (χ4v) is 4.69. The van der Waals surface area contributed by atoms with E-state index in [1.165, 1.54) is 11.8 Å². The molecule has 2 heterocycles. The van der Waals surface area contributed by atoms with E-state index in [4.69, 9.17) is 9.41 Å². The average Bonchev–Trinajstić information content (AvgIpc) is 3.36. The Hall–Kier alpha value is -2.84. The Morgan fingerprint density at radius 3 is 2.68 bits per heavy atom. The monoisotopic (exact) mass is 497 g/mol. The molecule has 3 aromatic rings. The van der Waals surface area contributed by atoms with E-state index in [1.54, 1.807) is 23.3 Å². The molecule has 6 nitrogen and oxygen atoms in total. The lowest BCUT2D eigenvalue weighted by Crippen LogP contribution is -2.33. The van der Waals surface area contributed by atoms with Gasteiger partial charge >= 0.3 is 0 Å². The highest BCUT2D eigenvalue weighted by atomic mass is 79.9. The van der Waals surface area contributed by atoms with Gasteiger partial charge in [-0.3, -0.25) is 14.5 Å². The van der Waals surface area contributed by atoms with Gasteiger partial charge in [0, 0.05) is 10.9 Å². The zero-order valence-corrected chi connectivity index (χ0v) is 19.2. The van der Waals surface area contributed by atoms with Crippen LogP contribution in [0.5, 0.6) is 0 Å². The minimum absolute atomic E-state index is 0.0479. The molecule has 0 saturated carbocycles. The number of para-hydroxylation sites is 2. The third-order valence-electron chi connectivity index (χ3n) is 4.76. The second kappa shape index (κ2) is 9.53. The summed E-state index contributed by atoms with van der Waals surface area (Å²) in [7, 11) is 0. The maximum absolute atomic E-state index is 13.2. The molecule has 1 aliphatic heterocycles. The number of anilines is 1. The second-order valence-corrected chi connectivity index (χ2v) is 9.05. The molecule has 4 rings (SSSR count). The van der Waals surface area contributed by atoms with Crippen molar-refractivity contribution in [3.05, 3.63) is 82.7 Å². The molecule has 2 aromatic carbocycles. The Kier molecular flexibility index (Phi) is 6.58. The molecular formula is C23H20BrN3O3S. The van der Waals surface area contributed by atoms with Crippen molar-refractivity contribution in [3.8, 4) is 0 Å². The molecule has 158 valence electrons. The van der Waals surface area contributed by atoms with Gasteiger partial charge in [-0.1, -0.05) is 42.1 Å². The van der Waals surface area contributed by atoms with Crippen molar-refractivity contribution in [2.45, 2.75) is 25.1 Å². The molecule has 1 N–H and O–H groups in total. The number of benzene rings is 2. The molecule has 1 aromatic heterocycles. The number of halogens is 1. The molecule has 31 heavy (non-hydrogen) atoms. The lowest BCUT2D eigenvalue weighted by Gasteiger charge is -2.15. The van der Waals surface area contributed by atoms with Crippen LogP contribution in [0.15, 0.2) is 80.8 Å². The van der Waals surface area contributed by atoms with Crippen molar-refractivity contribution >= 4 is 56.0 Å². The van der Waals surface area contributed by atoms with Crippen LogP contribution >= 0.6 is 27.7 Å². The van der Waals surface area contributed by atoms with E-state index >= 15 is 0 Å². The highest BCUT2D eigenvalue weighted by Gasteiger charge is 2.39. The van der Waals surface area contributed by atoms with E-state index in [0.717, 1.165) is 15.7 Å². The summed E-state index contributed by atoms with van der Waals surface area (Å²) in [6.45, 7) is 2.24. The lowest BCUT2D eigenvalue weighted by atomic mass is 10.2. The number of thioether (sulfide) groups is 1. The molecular weight excluding hydrogens is 478 g/mol. The van der Waals surface area contributed by atoms with Crippen LogP contribution in [0.1, 0.15) is 17.7 Å². The predicted octanol–water partition coefficient (Wildman–Crippen LogP) is 5.51. The number of aliphatic imine (C=N–C) groups is 1. The SMILES string of the molecule is Cc1ccccc1N=C1SC(CC(=O)Nc2ccccc2Br)C(=O)N1Cc1ccco1. The van der Waals surface area contributed by atoms with E-state index in [9.17, 15) is 9.59 Å². The largest absolute Gasteiger partial charge is 0.467 e. The number of hydrogen-bond acceptors (Lipinski definition) is 5. The molecule has 1 atom stereocenters. The normalized spacial score (nSPS) is 17.4. The zero-order chi connectivity index (χ0) is 21.8. The van der Waals surface area contributed by atoms with Gasteiger partial charge in [-0.25, -0.2) is 4.99 Å². The molecule has 0 bridgehead atoms. The lowest BCUT2D eigenvalue weighted by molar-refractivity contribution is -0.128. The molecule has 1 unspecified atom stereocenters. The van der Waals surface area contributed by atoms with Gasteiger partial charge in [-0.05, 0) is 58.7 Å². The third-order valence-corrected chi connectivity index (χ3v) is 6.63. The smallest absolute Gasteiger partial charge is 0.243 e. The zero-order valence-electron chi connectivity index (χ0n) is 16.7. The van der Waals surface area contributed by atoms with Gasteiger partial charge in [-0.15, -0.1) is 0 Å². The summed E-state index contributed by atoms with van der Waals surface area (Å²) in [6, 6.07) is 18.7. The van der Waals surface area contributed by atoms with Crippen LogP contribution in [-0.4, -0.2) is 27.1 Å². The molecule has 0 radical (unpaired) electrons. The summed E-state index contributed by atoms with van der Waals surface area (Å²) >= 11 is 4.73. The highest BCUT2D eigenvalue weighted by Crippen LogP contribution is 2.34. The van der Waals surface area contributed by atoms with Crippen molar-refractivity contribution in [3.63, 3.8) is 0 Å². The number of rotatable bonds is 6. The van der Waals surface area contributed by atoms with Crippen LogP contribution in [0.2, 0.25) is 0 Å². The summed E-state index contributed by atoms with van der Waals surface area (Å²) in [5, 5.41) is 2.87. The molecule has 2 amide bonds. The van der Waals surface area contributed by atoms with Crippen LogP contribution in [0, 0.1) is 6.92 Å². The van der Waals surface area contributed by atoms with Crippen molar-refractivity contribution in [1.82, 2.24) is 4.90 Å². The molecule has 8 heteroatoms. The van der Waals surface area contributed by atoms with E-state index in [2.05, 4.69) is 21.2 Å². The Balaban J connectivity index is 1.55. The van der Waals surface area contributed by atoms with Gasteiger partial charge in [-0.2, -0.15) is 0 Å². The van der Waals surface area contributed by atoms with Gasteiger partial charge in [0.25, 0.3) is 0 Å². The molecule has 1 fully saturated rings. The Morgan fingerprint density at radius 2 is 1.94 bits per heavy atom. The van der Waals surface area contributed by atoms with Crippen molar-refractivity contribution in [2.24, 2.45) is 4.99 Å². The predicted molar refractivity (Wildman–Crippen MR) is 126 cm³/mol. The Labute approximate surface area is 192 Å². The van der Waals surface area contributed by atoms with E-state index in [0.29, 0.717) is 16.6 Å². The number of amidine groups is 1. The number of carbonyl (C=O) groups is 2. The van der Waals surface area contributed by atoms with Gasteiger partial charge in [0.15, 0.2) is 5.17 Å². The van der Waals surface area contributed by atoms with Gasteiger partial charge < -0.3 is 9.73 Å². The first-order chi connectivity index (χ1) is 15.0.